The molecule has 0 bridgehead atoms. The second-order valence-electron chi connectivity index (χ2n) is 3.82. The van der Waals surface area contributed by atoms with Crippen LogP contribution < -0.4 is 5.32 Å². The molecule has 0 heterocycles. The lowest BCUT2D eigenvalue weighted by molar-refractivity contribution is -0.137. The summed E-state index contributed by atoms with van der Waals surface area (Å²) in [5.41, 5.74) is 1.22. The Morgan fingerprint density at radius 2 is 2.07 bits per heavy atom. The molecule has 3 nitrogen and oxygen atoms in total. The molecule has 0 aliphatic rings. The van der Waals surface area contributed by atoms with Crippen LogP contribution in [0.2, 0.25) is 0 Å². The average Bonchev–Trinajstić information content (AvgIpc) is 2.18. The topological polar surface area (TPSA) is 49.3 Å². The second kappa shape index (κ2) is 6.19. The molecule has 2 N–H and O–H groups in total. The van der Waals surface area contributed by atoms with Crippen LogP contribution in [-0.2, 0) is 11.3 Å². The van der Waals surface area contributed by atoms with Gasteiger partial charge in [-0.05, 0) is 18.0 Å². The average molecular weight is 207 g/mol. The highest BCUT2D eigenvalue weighted by atomic mass is 16.4. The van der Waals surface area contributed by atoms with E-state index in [1.807, 2.05) is 25.1 Å². The Morgan fingerprint density at radius 1 is 1.40 bits per heavy atom. The molecule has 82 valence electrons. The highest BCUT2D eigenvalue weighted by Crippen LogP contribution is 2.01. The minimum Gasteiger partial charge on any atom is -0.481 e. The van der Waals surface area contributed by atoms with E-state index in [1.54, 1.807) is 0 Å². The van der Waals surface area contributed by atoms with Crippen molar-refractivity contribution >= 4 is 5.97 Å². The van der Waals surface area contributed by atoms with Gasteiger partial charge in [-0.25, -0.2) is 0 Å². The van der Waals surface area contributed by atoms with E-state index >= 15 is 0 Å². The van der Waals surface area contributed by atoms with Crippen LogP contribution in [0.3, 0.4) is 0 Å². The van der Waals surface area contributed by atoms with Crippen LogP contribution in [0.1, 0.15) is 18.9 Å². The Labute approximate surface area is 90.1 Å². The van der Waals surface area contributed by atoms with Gasteiger partial charge in [0, 0.05) is 13.0 Å². The maximum atomic E-state index is 10.4. The summed E-state index contributed by atoms with van der Waals surface area (Å²) in [7, 11) is 0. The maximum Gasteiger partial charge on any atom is 0.303 e. The summed E-state index contributed by atoms with van der Waals surface area (Å²) in [5, 5.41) is 11.8. The van der Waals surface area contributed by atoms with E-state index < -0.39 is 5.97 Å². The third-order valence-corrected chi connectivity index (χ3v) is 2.19. The molecule has 0 fully saturated rings. The van der Waals surface area contributed by atoms with Crippen molar-refractivity contribution in [3.63, 3.8) is 0 Å². The number of aliphatic carboxylic acids is 1. The van der Waals surface area contributed by atoms with E-state index in [9.17, 15) is 4.79 Å². The van der Waals surface area contributed by atoms with E-state index in [0.29, 0.717) is 0 Å². The molecule has 1 unspecified atom stereocenters. The van der Waals surface area contributed by atoms with Gasteiger partial charge in [-0.1, -0.05) is 37.3 Å². The van der Waals surface area contributed by atoms with Gasteiger partial charge in [0.2, 0.25) is 0 Å². The lowest BCUT2D eigenvalue weighted by Gasteiger charge is -2.09. The molecule has 1 aromatic rings. The highest BCUT2D eigenvalue weighted by Gasteiger charge is 2.06. The lowest BCUT2D eigenvalue weighted by atomic mass is 10.1. The summed E-state index contributed by atoms with van der Waals surface area (Å²) >= 11 is 0. The predicted octanol–water partition coefficient (Wildman–Crippen LogP) is 1.89. The Morgan fingerprint density at radius 3 is 2.67 bits per heavy atom. The number of nitrogens with one attached hydrogen (secondary N) is 1. The van der Waals surface area contributed by atoms with E-state index in [0.717, 1.165) is 13.1 Å². The lowest BCUT2D eigenvalue weighted by Crippen LogP contribution is -2.22. The molecule has 1 aromatic carbocycles. The summed E-state index contributed by atoms with van der Waals surface area (Å²) in [6, 6.07) is 10.1. The minimum absolute atomic E-state index is 0.172. The van der Waals surface area contributed by atoms with Gasteiger partial charge in [-0.3, -0.25) is 4.79 Å². The third kappa shape index (κ3) is 5.18. The first kappa shape index (κ1) is 11.7. The molecule has 1 rings (SSSR count). The van der Waals surface area contributed by atoms with Gasteiger partial charge >= 0.3 is 5.97 Å². The SMILES string of the molecule is CC(CNCc1ccccc1)CC(=O)O. The summed E-state index contributed by atoms with van der Waals surface area (Å²) in [4.78, 5) is 10.4. The van der Waals surface area contributed by atoms with Crippen LogP contribution >= 0.6 is 0 Å². The quantitative estimate of drug-likeness (QED) is 0.749. The molecule has 0 spiro atoms. The number of hydrogen-bond donors (Lipinski definition) is 2. The Kier molecular flexibility index (Phi) is 4.84. The minimum atomic E-state index is -0.732. The van der Waals surface area contributed by atoms with Crippen LogP contribution in [0.15, 0.2) is 30.3 Å². The van der Waals surface area contributed by atoms with Crippen molar-refractivity contribution in [3.8, 4) is 0 Å². The zero-order valence-electron chi connectivity index (χ0n) is 8.94. The molecule has 15 heavy (non-hydrogen) atoms. The molecular weight excluding hydrogens is 190 g/mol. The van der Waals surface area contributed by atoms with Crippen LogP contribution in [0.25, 0.3) is 0 Å². The summed E-state index contributed by atoms with van der Waals surface area (Å²) in [6.07, 6.45) is 0.224. The first-order valence-electron chi connectivity index (χ1n) is 5.15. The fourth-order valence-electron chi connectivity index (χ4n) is 1.43. The van der Waals surface area contributed by atoms with Crippen molar-refractivity contribution in [2.75, 3.05) is 6.54 Å². The van der Waals surface area contributed by atoms with Crippen molar-refractivity contribution in [3.05, 3.63) is 35.9 Å². The summed E-state index contributed by atoms with van der Waals surface area (Å²) in [5.74, 6) is -0.560. The molecule has 0 saturated carbocycles. The maximum absolute atomic E-state index is 10.4. The number of carboxylic acids is 1. The van der Waals surface area contributed by atoms with E-state index in [-0.39, 0.29) is 12.3 Å². The molecule has 1 atom stereocenters. The largest absolute Gasteiger partial charge is 0.481 e. The highest BCUT2D eigenvalue weighted by molar-refractivity contribution is 5.66. The van der Waals surface area contributed by atoms with Crippen LogP contribution in [-0.4, -0.2) is 17.6 Å². The zero-order valence-corrected chi connectivity index (χ0v) is 8.94. The van der Waals surface area contributed by atoms with E-state index in [2.05, 4.69) is 17.4 Å². The number of hydrogen-bond acceptors (Lipinski definition) is 2. The van der Waals surface area contributed by atoms with E-state index in [4.69, 9.17) is 5.11 Å². The van der Waals surface area contributed by atoms with Crippen molar-refractivity contribution in [1.29, 1.82) is 0 Å². The van der Waals surface area contributed by atoms with Gasteiger partial charge in [0.05, 0.1) is 0 Å². The smallest absolute Gasteiger partial charge is 0.303 e. The van der Waals surface area contributed by atoms with Gasteiger partial charge < -0.3 is 10.4 Å². The fourth-order valence-corrected chi connectivity index (χ4v) is 1.43. The first-order chi connectivity index (χ1) is 7.18. The number of carbonyl (C=O) groups is 1. The standard InChI is InChI=1S/C12H17NO2/c1-10(7-12(14)15)8-13-9-11-5-3-2-4-6-11/h2-6,10,13H,7-9H2,1H3,(H,14,15). The number of rotatable bonds is 6. The zero-order chi connectivity index (χ0) is 11.1. The Bertz CT molecular complexity index is 298. The van der Waals surface area contributed by atoms with Crippen LogP contribution in [0, 0.1) is 5.92 Å². The first-order valence-corrected chi connectivity index (χ1v) is 5.15. The molecule has 0 aromatic heterocycles. The van der Waals surface area contributed by atoms with Gasteiger partial charge in [0.15, 0.2) is 0 Å². The number of benzene rings is 1. The summed E-state index contributed by atoms with van der Waals surface area (Å²) < 4.78 is 0. The van der Waals surface area contributed by atoms with Gasteiger partial charge in [0.1, 0.15) is 0 Å². The molecular formula is C12H17NO2. The fraction of sp³-hybridized carbons (Fsp3) is 0.417. The van der Waals surface area contributed by atoms with Crippen LogP contribution in [0.4, 0.5) is 0 Å². The molecule has 0 saturated heterocycles. The predicted molar refractivity (Wildman–Crippen MR) is 59.6 cm³/mol. The van der Waals surface area contributed by atoms with Gasteiger partial charge in [0.25, 0.3) is 0 Å². The summed E-state index contributed by atoms with van der Waals surface area (Å²) in [6.45, 7) is 3.47. The normalized spacial score (nSPS) is 12.3. The molecule has 0 aliphatic heterocycles. The van der Waals surface area contributed by atoms with Crippen molar-refractivity contribution in [2.24, 2.45) is 5.92 Å². The van der Waals surface area contributed by atoms with E-state index in [1.165, 1.54) is 5.56 Å². The second-order valence-corrected chi connectivity index (χ2v) is 3.82. The number of carboxylic acid groups (broad SMARTS) is 1. The molecule has 0 amide bonds. The Hall–Kier alpha value is -1.35. The van der Waals surface area contributed by atoms with Gasteiger partial charge in [-0.2, -0.15) is 0 Å². The monoisotopic (exact) mass is 207 g/mol. The van der Waals surface area contributed by atoms with Crippen molar-refractivity contribution in [2.45, 2.75) is 19.9 Å². The Balaban J connectivity index is 2.19. The molecule has 0 aliphatic carbocycles. The van der Waals surface area contributed by atoms with Crippen molar-refractivity contribution < 1.29 is 9.90 Å². The van der Waals surface area contributed by atoms with Crippen LogP contribution in [0.5, 0.6) is 0 Å². The molecule has 3 heteroatoms. The molecule has 0 radical (unpaired) electrons. The van der Waals surface area contributed by atoms with Gasteiger partial charge in [-0.15, -0.1) is 0 Å². The van der Waals surface area contributed by atoms with Crippen molar-refractivity contribution in [1.82, 2.24) is 5.32 Å². The third-order valence-electron chi connectivity index (χ3n) is 2.19.